The average Bonchev–Trinajstić information content (AvgIpc) is 0.703. The van der Waals surface area contributed by atoms with Gasteiger partial charge in [-0.1, -0.05) is 282 Å². The number of hydrogen-bond donors (Lipinski definition) is 15. The third-order valence-corrected chi connectivity index (χ3v) is 31.2. The first kappa shape index (κ1) is 105. The minimum Gasteiger partial charge on any atom is -0.508 e. The minimum absolute atomic E-state index is 0.140. The lowest BCUT2D eigenvalue weighted by Gasteiger charge is -2.39. The van der Waals surface area contributed by atoms with Gasteiger partial charge in [0.15, 0.2) is 0 Å². The predicted octanol–water partition coefficient (Wildman–Crippen LogP) is 29.3. The number of phenols is 15. The van der Waals surface area contributed by atoms with Crippen molar-refractivity contribution in [3.8, 4) is 86.2 Å². The number of benzene rings is 18. The van der Waals surface area contributed by atoms with Crippen molar-refractivity contribution < 1.29 is 76.6 Å². The molecular weight excluding hydrogens is 1840 g/mol. The fourth-order valence-electron chi connectivity index (χ4n) is 20.8. The van der Waals surface area contributed by atoms with Crippen LogP contribution < -0.4 is 0 Å². The van der Waals surface area contributed by atoms with Gasteiger partial charge >= 0.3 is 0 Å². The average molecular weight is 1970 g/mol. The molecule has 0 spiro atoms. The van der Waals surface area contributed by atoms with Crippen LogP contribution in [0, 0.1) is 48.5 Å². The Bertz CT molecular complexity index is 7140. The first-order valence-corrected chi connectivity index (χ1v) is 49.5. The van der Waals surface area contributed by atoms with E-state index in [0.29, 0.717) is 5.75 Å². The van der Waals surface area contributed by atoms with E-state index in [1.54, 1.807) is 140 Å². The molecule has 0 saturated carbocycles. The molecule has 15 N–H and O–H groups in total. The van der Waals surface area contributed by atoms with Gasteiger partial charge in [0.1, 0.15) is 86.2 Å². The van der Waals surface area contributed by atoms with Gasteiger partial charge in [0, 0.05) is 48.9 Å². The maximum absolute atomic E-state index is 10.7. The fraction of sp³-hybridized carbons (Fsp3) is 0.188. The van der Waals surface area contributed by atoms with Crippen LogP contribution in [0.4, 0.5) is 0 Å². The predicted molar refractivity (Wildman–Crippen MR) is 592 cm³/mol. The van der Waals surface area contributed by atoms with E-state index in [0.717, 1.165) is 150 Å². The number of para-hydroxylation sites is 1. The Morgan fingerprint density at radius 3 is 0.507 bits per heavy atom. The second-order valence-electron chi connectivity index (χ2n) is 41.3. The maximum atomic E-state index is 10.7. The standard InChI is InChI=1S/C48H42O6.C32H34O3.C29H28O3.C24H26O3/c1-46(31-4-16-40(49)17-5-31,32-6-18-41(50)19-7-32)37-28-38(47(2,33-8-20-42(51)21-9-33)34-10-22-43(52)23-11-34)30-39(29-37)48(3,35-12-24-44(53)25-13-35)36-14-26-45(54)27-15-36;1-20-17-25(11-14-28(20)33)31(4,5)23-7-9-24(10-8-23)32(6,26-12-15-29(34)21(2)18-26)27-13-16-30(35)22(3)19-27;1-28(2,21-8-14-25(30)15-9-21)20-4-6-22(7-5-20)29(3,23-10-16-26(31)17-11-23)24-12-18-27(32)19-13-24;1-14-10-18(11-15(2)22(14)26)24(5,20-8-6-7-9-21(20)25)19-12-16(3)23(27)17(4)13-19/h4-30,49-54H,1-3H3;7-19,33-35H,1-6H3;4-19,30-32H,1-3H3;6-13,25-27H,1-5H3. The van der Waals surface area contributed by atoms with Crippen molar-refractivity contribution in [1.82, 2.24) is 0 Å². The van der Waals surface area contributed by atoms with Crippen molar-refractivity contribution in [1.29, 1.82) is 0 Å². The summed E-state index contributed by atoms with van der Waals surface area (Å²) in [6, 6.07) is 121. The molecule has 0 amide bonds. The zero-order valence-corrected chi connectivity index (χ0v) is 86.7. The van der Waals surface area contributed by atoms with Gasteiger partial charge in [-0.25, -0.2) is 0 Å². The van der Waals surface area contributed by atoms with Crippen molar-refractivity contribution >= 4 is 0 Å². The molecular formula is C133H130O15. The SMILES string of the molecule is CC(C)(c1ccc(O)cc1)c1ccc(C(C)(c2ccc(O)cc2)c2ccc(O)cc2)cc1.CC(c1ccc(O)cc1)(c1ccc(O)cc1)c1cc(C(C)(c2ccc(O)cc2)c2ccc(O)cc2)cc(C(C)(c2ccc(O)cc2)c2ccc(O)cc2)c1.Cc1cc(C(C)(C)c2ccc(C(C)(c3ccc(O)c(C)c3)c3ccc(O)c(C)c3)cc2)ccc1O.Cc1cc(C(C)(c2cc(C)c(O)c(C)c2)c2ccccc2O)cc(C)c1O. The summed E-state index contributed by atoms with van der Waals surface area (Å²) in [5.41, 5.74) is 23.1. The molecule has 0 aliphatic heterocycles. The molecule has 18 rings (SSSR count). The van der Waals surface area contributed by atoms with Gasteiger partial charge in [0.25, 0.3) is 0 Å². The lowest BCUT2D eigenvalue weighted by molar-refractivity contribution is 0.454. The Kier molecular flexibility index (Phi) is 29.8. The minimum atomic E-state index is -0.832. The molecule has 0 aromatic heterocycles. The fourth-order valence-corrected chi connectivity index (χ4v) is 20.8. The van der Waals surface area contributed by atoms with E-state index in [-0.39, 0.29) is 91.3 Å². The summed E-state index contributed by atoms with van der Waals surface area (Å²) < 4.78 is 0. The summed E-state index contributed by atoms with van der Waals surface area (Å²) in [5, 5.41) is 153. The summed E-state index contributed by atoms with van der Waals surface area (Å²) in [6.07, 6.45) is 0. The van der Waals surface area contributed by atoms with Crippen molar-refractivity contribution in [2.24, 2.45) is 0 Å². The molecule has 0 radical (unpaired) electrons. The Morgan fingerprint density at radius 2 is 0.284 bits per heavy atom. The number of hydrogen-bond acceptors (Lipinski definition) is 15. The zero-order chi connectivity index (χ0) is 107. The van der Waals surface area contributed by atoms with Crippen LogP contribution in [0.5, 0.6) is 86.2 Å². The maximum Gasteiger partial charge on any atom is 0.121 e. The molecule has 0 unspecified atom stereocenters. The van der Waals surface area contributed by atoms with Gasteiger partial charge < -0.3 is 76.6 Å². The zero-order valence-electron chi connectivity index (χ0n) is 86.7. The largest absolute Gasteiger partial charge is 0.508 e. The number of phenolic OH excluding ortho intramolecular Hbond substituents is 15. The van der Waals surface area contributed by atoms with Crippen LogP contribution in [0.25, 0.3) is 0 Å². The van der Waals surface area contributed by atoms with Crippen molar-refractivity contribution in [3.63, 3.8) is 0 Å². The summed E-state index contributed by atoms with van der Waals surface area (Å²) >= 11 is 0. The molecule has 0 saturated heterocycles. The van der Waals surface area contributed by atoms with Crippen LogP contribution in [0.1, 0.15) is 231 Å². The van der Waals surface area contributed by atoms with Crippen LogP contribution in [-0.2, 0) is 43.3 Å². The summed E-state index contributed by atoms with van der Waals surface area (Å²) in [6.45, 7) is 34.8. The number of aryl methyl sites for hydroxylation is 7. The first-order valence-electron chi connectivity index (χ1n) is 49.5. The Labute approximate surface area is 867 Å². The van der Waals surface area contributed by atoms with E-state index < -0.39 is 32.5 Å². The van der Waals surface area contributed by atoms with Gasteiger partial charge in [0.05, 0.1) is 0 Å². The topological polar surface area (TPSA) is 303 Å². The molecule has 148 heavy (non-hydrogen) atoms. The van der Waals surface area contributed by atoms with Gasteiger partial charge in [-0.3, -0.25) is 0 Å². The lowest BCUT2D eigenvalue weighted by Crippen LogP contribution is -2.32. The summed E-state index contributed by atoms with van der Waals surface area (Å²) in [4.78, 5) is 0. The normalized spacial score (nSPS) is 12.0. The Balaban J connectivity index is 0.000000153. The van der Waals surface area contributed by atoms with Crippen molar-refractivity contribution in [2.75, 3.05) is 0 Å². The highest BCUT2D eigenvalue weighted by Gasteiger charge is 2.43. The number of rotatable bonds is 22. The van der Waals surface area contributed by atoms with E-state index >= 15 is 0 Å². The summed E-state index contributed by atoms with van der Waals surface area (Å²) in [5.74, 6) is 3.21. The molecule has 0 aliphatic carbocycles. The van der Waals surface area contributed by atoms with Gasteiger partial charge in [-0.2, -0.15) is 0 Å². The van der Waals surface area contributed by atoms with Crippen LogP contribution in [0.3, 0.4) is 0 Å². The third kappa shape index (κ3) is 20.8. The molecule has 0 bridgehead atoms. The second-order valence-corrected chi connectivity index (χ2v) is 41.3. The molecule has 0 heterocycles. The van der Waals surface area contributed by atoms with Gasteiger partial charge in [-0.05, 0) is 379 Å². The molecule has 0 atom stereocenters. The van der Waals surface area contributed by atoms with E-state index in [1.807, 2.05) is 230 Å². The molecule has 752 valence electrons. The van der Waals surface area contributed by atoms with E-state index in [9.17, 15) is 76.6 Å². The first-order chi connectivity index (χ1) is 70.1. The molecule has 0 aliphatic rings. The highest BCUT2D eigenvalue weighted by molar-refractivity contribution is 5.66. The molecule has 18 aromatic carbocycles. The lowest BCUT2D eigenvalue weighted by atomic mass is 9.63. The van der Waals surface area contributed by atoms with Crippen LogP contribution in [0.2, 0.25) is 0 Å². The van der Waals surface area contributed by atoms with Crippen molar-refractivity contribution in [3.05, 3.63) is 550 Å². The van der Waals surface area contributed by atoms with Gasteiger partial charge in [-0.15, -0.1) is 0 Å². The quantitative estimate of drug-likeness (QED) is 0.0281. The van der Waals surface area contributed by atoms with E-state index in [1.165, 1.54) is 11.1 Å². The second kappa shape index (κ2) is 42.0. The van der Waals surface area contributed by atoms with E-state index in [4.69, 9.17) is 0 Å². The van der Waals surface area contributed by atoms with Crippen LogP contribution in [-0.4, -0.2) is 76.6 Å². The molecule has 0 fully saturated rings. The smallest absolute Gasteiger partial charge is 0.121 e. The number of aromatic hydroxyl groups is 15. The van der Waals surface area contributed by atoms with Gasteiger partial charge in [0.2, 0.25) is 0 Å². The Hall–Kier alpha value is -17.0. The highest BCUT2D eigenvalue weighted by Crippen LogP contribution is 2.53. The van der Waals surface area contributed by atoms with E-state index in [2.05, 4.69) is 136 Å². The third-order valence-electron chi connectivity index (χ3n) is 31.2. The van der Waals surface area contributed by atoms with Crippen LogP contribution >= 0.6 is 0 Å². The Morgan fingerprint density at radius 1 is 0.128 bits per heavy atom. The van der Waals surface area contributed by atoms with Crippen LogP contribution in [0.15, 0.2) is 388 Å². The van der Waals surface area contributed by atoms with Crippen molar-refractivity contribution in [2.45, 2.75) is 161 Å². The molecule has 15 heteroatoms. The molecule has 15 nitrogen and oxygen atoms in total. The highest BCUT2D eigenvalue weighted by atomic mass is 16.3. The monoisotopic (exact) mass is 1970 g/mol. The molecule has 18 aromatic rings. The summed E-state index contributed by atoms with van der Waals surface area (Å²) in [7, 11) is 0.